The number of Topliss-reactive ketones (excluding diaryl/α,β-unsaturated/α-hetero) is 1. The number of carbonyl (C=O) groups is 1. The average molecular weight is 339 g/mol. The fraction of sp³-hybridized carbons (Fsp3) is 0.400. The van der Waals surface area contributed by atoms with Crippen LogP contribution in [0.15, 0.2) is 34.5 Å². The Morgan fingerprint density at radius 2 is 2.30 bits per heavy atom. The Morgan fingerprint density at radius 1 is 1.50 bits per heavy atom. The fourth-order valence-electron chi connectivity index (χ4n) is 2.58. The van der Waals surface area contributed by atoms with Crippen LogP contribution < -0.4 is 4.74 Å². The van der Waals surface area contributed by atoms with Crippen LogP contribution in [0.5, 0.6) is 5.75 Å². The molecule has 1 aromatic rings. The average Bonchev–Trinajstić information content (AvgIpc) is 2.40. The van der Waals surface area contributed by atoms with Gasteiger partial charge in [0.2, 0.25) is 6.29 Å². The zero-order valence-corrected chi connectivity index (χ0v) is 12.9. The van der Waals surface area contributed by atoms with Crippen molar-refractivity contribution in [2.75, 3.05) is 6.61 Å². The van der Waals surface area contributed by atoms with E-state index in [1.807, 2.05) is 26.0 Å². The van der Waals surface area contributed by atoms with Crippen LogP contribution in [0.2, 0.25) is 0 Å². The molecular weight excluding hydrogens is 324 g/mol. The van der Waals surface area contributed by atoms with Crippen molar-refractivity contribution in [2.45, 2.75) is 32.2 Å². The van der Waals surface area contributed by atoms with Crippen LogP contribution in [0.1, 0.15) is 30.6 Å². The van der Waals surface area contributed by atoms with E-state index in [2.05, 4.69) is 15.9 Å². The van der Waals surface area contributed by atoms with E-state index in [9.17, 15) is 4.79 Å². The molecule has 0 saturated carbocycles. The van der Waals surface area contributed by atoms with Gasteiger partial charge in [0.15, 0.2) is 5.78 Å². The summed E-state index contributed by atoms with van der Waals surface area (Å²) < 4.78 is 17.8. The molecule has 2 heterocycles. The summed E-state index contributed by atoms with van der Waals surface area (Å²) in [7, 11) is 0. The number of fused-ring (bicyclic) bond motifs is 2. The largest absolute Gasteiger partial charge is 0.482 e. The van der Waals surface area contributed by atoms with Crippen LogP contribution in [0.4, 0.5) is 0 Å². The Bertz CT molecular complexity index is 596. The van der Waals surface area contributed by atoms with E-state index in [1.165, 1.54) is 6.26 Å². The van der Waals surface area contributed by atoms with E-state index >= 15 is 0 Å². The summed E-state index contributed by atoms with van der Waals surface area (Å²) in [4.78, 5) is 12.6. The molecule has 2 atom stereocenters. The van der Waals surface area contributed by atoms with Crippen molar-refractivity contribution in [2.24, 2.45) is 0 Å². The third-order valence-corrected chi connectivity index (χ3v) is 4.08. The van der Waals surface area contributed by atoms with Crippen LogP contribution >= 0.6 is 15.9 Å². The van der Waals surface area contributed by atoms with E-state index in [1.54, 1.807) is 6.07 Å². The Morgan fingerprint density at radius 3 is 3.05 bits per heavy atom. The molecule has 106 valence electrons. The Balaban J connectivity index is 2.01. The normalized spacial score (nSPS) is 27.9. The minimum atomic E-state index is -0.698. The number of hydrogen-bond acceptors (Lipinski definition) is 4. The first kappa shape index (κ1) is 13.6. The second-order valence-corrected chi connectivity index (χ2v) is 5.97. The molecule has 3 rings (SSSR count). The molecule has 0 saturated heterocycles. The number of hydrogen-bond donors (Lipinski definition) is 0. The van der Waals surface area contributed by atoms with Gasteiger partial charge in [-0.15, -0.1) is 0 Å². The molecule has 0 fully saturated rings. The fourth-order valence-corrected chi connectivity index (χ4v) is 2.94. The van der Waals surface area contributed by atoms with Crippen molar-refractivity contribution < 1.29 is 19.0 Å². The van der Waals surface area contributed by atoms with Crippen LogP contribution in [0.3, 0.4) is 0 Å². The van der Waals surface area contributed by atoms with E-state index in [4.69, 9.17) is 14.2 Å². The predicted octanol–water partition coefficient (Wildman–Crippen LogP) is 3.45. The first-order chi connectivity index (χ1) is 9.53. The highest BCUT2D eigenvalue weighted by atomic mass is 79.9. The van der Waals surface area contributed by atoms with Gasteiger partial charge in [-0.1, -0.05) is 15.9 Å². The van der Waals surface area contributed by atoms with Crippen LogP contribution in [0, 0.1) is 0 Å². The summed E-state index contributed by atoms with van der Waals surface area (Å²) >= 11 is 3.37. The molecule has 0 N–H and O–H groups in total. The molecule has 0 radical (unpaired) electrons. The van der Waals surface area contributed by atoms with Gasteiger partial charge in [-0.25, -0.2) is 0 Å². The monoisotopic (exact) mass is 338 g/mol. The highest BCUT2D eigenvalue weighted by molar-refractivity contribution is 9.10. The van der Waals surface area contributed by atoms with E-state index in [0.717, 1.165) is 4.47 Å². The third-order valence-electron chi connectivity index (χ3n) is 3.58. The zero-order valence-electron chi connectivity index (χ0n) is 11.3. The first-order valence-electron chi connectivity index (χ1n) is 6.54. The standard InChI is InChI=1S/C15H15BrO4/c1-3-18-13-7-15(2)11(8-19-13)14(17)10-6-9(16)4-5-12(10)20-15/h4-6,8,13H,3,7H2,1-2H3/t13-,15-/m1/s1. The van der Waals surface area contributed by atoms with Gasteiger partial charge in [-0.2, -0.15) is 0 Å². The van der Waals surface area contributed by atoms with Crippen molar-refractivity contribution in [1.29, 1.82) is 0 Å². The number of ketones is 1. The van der Waals surface area contributed by atoms with Crippen molar-refractivity contribution in [3.63, 3.8) is 0 Å². The van der Waals surface area contributed by atoms with Gasteiger partial charge in [0.05, 0.1) is 23.8 Å². The summed E-state index contributed by atoms with van der Waals surface area (Å²) in [6, 6.07) is 5.45. The molecular formula is C15H15BrO4. The van der Waals surface area contributed by atoms with E-state index in [-0.39, 0.29) is 12.1 Å². The van der Waals surface area contributed by atoms with Gasteiger partial charge in [-0.05, 0) is 32.0 Å². The Kier molecular flexibility index (Phi) is 3.34. The highest BCUT2D eigenvalue weighted by Gasteiger charge is 2.46. The number of carbonyl (C=O) groups excluding carboxylic acids is 1. The van der Waals surface area contributed by atoms with Crippen molar-refractivity contribution >= 4 is 21.7 Å². The molecule has 0 spiro atoms. The second kappa shape index (κ2) is 4.90. The van der Waals surface area contributed by atoms with E-state index < -0.39 is 5.60 Å². The highest BCUT2D eigenvalue weighted by Crippen LogP contribution is 2.42. The lowest BCUT2D eigenvalue weighted by Gasteiger charge is -2.41. The van der Waals surface area contributed by atoms with Crippen molar-refractivity contribution in [3.05, 3.63) is 40.1 Å². The van der Waals surface area contributed by atoms with Crippen LogP contribution in [0.25, 0.3) is 0 Å². The number of halogens is 1. The quantitative estimate of drug-likeness (QED) is 0.828. The molecule has 0 aromatic heterocycles. The van der Waals surface area contributed by atoms with Crippen LogP contribution in [-0.4, -0.2) is 24.3 Å². The zero-order chi connectivity index (χ0) is 14.3. The van der Waals surface area contributed by atoms with Gasteiger partial charge in [0.25, 0.3) is 0 Å². The minimum Gasteiger partial charge on any atom is -0.482 e. The molecule has 2 aliphatic rings. The van der Waals surface area contributed by atoms with Gasteiger partial charge in [0, 0.05) is 11.1 Å². The van der Waals surface area contributed by atoms with Crippen LogP contribution in [-0.2, 0) is 9.47 Å². The van der Waals surface area contributed by atoms with E-state index in [0.29, 0.717) is 29.9 Å². The van der Waals surface area contributed by atoms with Gasteiger partial charge in [0.1, 0.15) is 11.4 Å². The van der Waals surface area contributed by atoms with Gasteiger partial charge in [-0.3, -0.25) is 4.79 Å². The molecule has 1 aromatic carbocycles. The lowest BCUT2D eigenvalue weighted by atomic mass is 9.83. The topological polar surface area (TPSA) is 44.8 Å². The first-order valence-corrected chi connectivity index (χ1v) is 7.34. The number of ether oxygens (including phenoxy) is 3. The van der Waals surface area contributed by atoms with Gasteiger partial charge >= 0.3 is 0 Å². The van der Waals surface area contributed by atoms with Crippen molar-refractivity contribution in [1.82, 2.24) is 0 Å². The number of rotatable bonds is 2. The molecule has 0 unspecified atom stereocenters. The molecule has 0 aliphatic carbocycles. The summed E-state index contributed by atoms with van der Waals surface area (Å²) in [6.45, 7) is 4.36. The number of benzene rings is 1. The summed E-state index contributed by atoms with van der Waals surface area (Å²) in [5.41, 5.74) is 0.399. The Labute approximate surface area is 125 Å². The van der Waals surface area contributed by atoms with Crippen molar-refractivity contribution in [3.8, 4) is 5.75 Å². The Hall–Kier alpha value is -1.33. The molecule has 4 nitrogen and oxygen atoms in total. The minimum absolute atomic E-state index is 0.0509. The second-order valence-electron chi connectivity index (χ2n) is 5.06. The molecule has 0 amide bonds. The molecule has 0 bridgehead atoms. The maximum atomic E-state index is 12.6. The predicted molar refractivity (Wildman–Crippen MR) is 76.7 cm³/mol. The SMILES string of the molecule is CCO[C@H]1C[C@@]2(C)Oc3ccc(Br)cc3C(=O)C2=CO1. The summed E-state index contributed by atoms with van der Waals surface area (Å²) in [5, 5.41) is 0. The summed E-state index contributed by atoms with van der Waals surface area (Å²) in [5.74, 6) is 0.556. The summed E-state index contributed by atoms with van der Waals surface area (Å²) in [6.07, 6.45) is 1.60. The maximum absolute atomic E-state index is 12.6. The van der Waals surface area contributed by atoms with Gasteiger partial charge < -0.3 is 14.2 Å². The lowest BCUT2D eigenvalue weighted by molar-refractivity contribution is -0.142. The molecule has 20 heavy (non-hydrogen) atoms. The third kappa shape index (κ3) is 2.15. The molecule has 5 heteroatoms. The maximum Gasteiger partial charge on any atom is 0.203 e. The molecule has 2 aliphatic heterocycles. The lowest BCUT2D eigenvalue weighted by Crippen LogP contribution is -2.47. The smallest absolute Gasteiger partial charge is 0.203 e.